The van der Waals surface area contributed by atoms with Crippen molar-refractivity contribution >= 4 is 18.0 Å². The lowest BCUT2D eigenvalue weighted by molar-refractivity contribution is 0.0270. The van der Waals surface area contributed by atoms with Gasteiger partial charge in [-0.1, -0.05) is 6.08 Å². The van der Waals surface area contributed by atoms with E-state index in [0.717, 1.165) is 30.4 Å². The van der Waals surface area contributed by atoms with E-state index in [-0.39, 0.29) is 6.09 Å². The monoisotopic (exact) mass is 304 g/mol. The number of carbonyl (C=O) groups excluding carboxylic acids is 2. The average Bonchev–Trinajstić information content (AvgIpc) is 2.88. The molecule has 0 unspecified atom stereocenters. The van der Waals surface area contributed by atoms with Crippen molar-refractivity contribution < 1.29 is 14.3 Å². The molecule has 5 heteroatoms. The molecule has 0 aromatic carbocycles. The Kier molecular flexibility index (Phi) is 4.74. The van der Waals surface area contributed by atoms with Crippen molar-refractivity contribution in [1.82, 2.24) is 9.47 Å². The van der Waals surface area contributed by atoms with Gasteiger partial charge >= 0.3 is 6.09 Å². The minimum atomic E-state index is -0.482. The minimum Gasteiger partial charge on any atom is -0.444 e. The number of aryl methyl sites for hydroxylation is 1. The van der Waals surface area contributed by atoms with Crippen LogP contribution in [0.5, 0.6) is 0 Å². The first kappa shape index (κ1) is 16.3. The van der Waals surface area contributed by atoms with Crippen LogP contribution in [0.1, 0.15) is 50.2 Å². The van der Waals surface area contributed by atoms with Gasteiger partial charge in [-0.2, -0.15) is 0 Å². The zero-order valence-corrected chi connectivity index (χ0v) is 13.8. The quantitative estimate of drug-likeness (QED) is 0.805. The topological polar surface area (TPSA) is 51.5 Å². The maximum atomic E-state index is 12.0. The van der Waals surface area contributed by atoms with Gasteiger partial charge in [-0.25, -0.2) is 4.79 Å². The van der Waals surface area contributed by atoms with E-state index in [2.05, 4.69) is 0 Å². The van der Waals surface area contributed by atoms with E-state index in [1.165, 1.54) is 0 Å². The smallest absolute Gasteiger partial charge is 0.410 e. The third kappa shape index (κ3) is 3.59. The molecule has 0 atom stereocenters. The fourth-order valence-corrected chi connectivity index (χ4v) is 2.57. The number of hydrogen-bond acceptors (Lipinski definition) is 3. The molecule has 22 heavy (non-hydrogen) atoms. The molecule has 1 aromatic heterocycles. The van der Waals surface area contributed by atoms with E-state index in [1.807, 2.05) is 50.6 Å². The number of aldehydes is 1. The molecule has 0 radical (unpaired) electrons. The van der Waals surface area contributed by atoms with Crippen LogP contribution >= 0.6 is 0 Å². The first-order valence-electron chi connectivity index (χ1n) is 7.67. The van der Waals surface area contributed by atoms with E-state index in [1.54, 1.807) is 4.90 Å². The zero-order chi connectivity index (χ0) is 16.3. The molecule has 120 valence electrons. The average molecular weight is 304 g/mol. The molecule has 1 aliphatic rings. The van der Waals surface area contributed by atoms with Crippen molar-refractivity contribution in [1.29, 1.82) is 0 Å². The lowest BCUT2D eigenvalue weighted by atomic mass is 10.00. The molecule has 0 aliphatic carbocycles. The van der Waals surface area contributed by atoms with Gasteiger partial charge in [-0.15, -0.1) is 0 Å². The van der Waals surface area contributed by atoms with Crippen molar-refractivity contribution in [2.75, 3.05) is 13.1 Å². The lowest BCUT2D eigenvalue weighted by Gasteiger charge is -2.29. The van der Waals surface area contributed by atoms with E-state index >= 15 is 0 Å². The third-order valence-electron chi connectivity index (χ3n) is 3.67. The molecule has 0 saturated carbocycles. The van der Waals surface area contributed by atoms with Crippen LogP contribution in [0, 0.1) is 0 Å². The first-order chi connectivity index (χ1) is 10.4. The molecule has 0 fully saturated rings. The van der Waals surface area contributed by atoms with Crippen LogP contribution in [0.4, 0.5) is 4.79 Å². The van der Waals surface area contributed by atoms with E-state index in [4.69, 9.17) is 4.74 Å². The summed E-state index contributed by atoms with van der Waals surface area (Å²) in [6.45, 7) is 9.48. The second-order valence-corrected chi connectivity index (χ2v) is 6.42. The normalized spacial score (nSPS) is 15.5. The molecule has 1 aliphatic heterocycles. The van der Waals surface area contributed by atoms with Crippen molar-refractivity contribution in [2.45, 2.75) is 46.3 Å². The standard InChI is InChI=1S/C17H24N2O3/c1-5-18-11-8-14(15(18)12-20)13-6-9-19(10-7-13)16(21)22-17(2,3)4/h6,8,11-12H,5,7,9-10H2,1-4H3. The van der Waals surface area contributed by atoms with Crippen LogP contribution < -0.4 is 0 Å². The predicted molar refractivity (Wildman–Crippen MR) is 85.9 cm³/mol. The van der Waals surface area contributed by atoms with Gasteiger partial charge in [0, 0.05) is 31.4 Å². The van der Waals surface area contributed by atoms with Crippen molar-refractivity contribution in [3.8, 4) is 0 Å². The molecule has 0 bridgehead atoms. The number of amides is 1. The summed E-state index contributed by atoms with van der Waals surface area (Å²) in [5.41, 5.74) is 2.32. The molecule has 0 spiro atoms. The van der Waals surface area contributed by atoms with Crippen LogP contribution in [0.25, 0.3) is 5.57 Å². The summed E-state index contributed by atoms with van der Waals surface area (Å²) in [4.78, 5) is 25.0. The van der Waals surface area contributed by atoms with Gasteiger partial charge in [-0.3, -0.25) is 4.79 Å². The Morgan fingerprint density at radius 2 is 2.14 bits per heavy atom. The lowest BCUT2D eigenvalue weighted by Crippen LogP contribution is -2.39. The number of hydrogen-bond donors (Lipinski definition) is 0. The van der Waals surface area contributed by atoms with Crippen LogP contribution in [0.2, 0.25) is 0 Å². The highest BCUT2D eigenvalue weighted by Gasteiger charge is 2.24. The Hall–Kier alpha value is -2.04. The number of rotatable bonds is 3. The molecule has 5 nitrogen and oxygen atoms in total. The van der Waals surface area contributed by atoms with Gasteiger partial charge in [0.25, 0.3) is 0 Å². The maximum Gasteiger partial charge on any atom is 0.410 e. The molecule has 2 heterocycles. The second kappa shape index (κ2) is 6.38. The van der Waals surface area contributed by atoms with Crippen LogP contribution in [0.3, 0.4) is 0 Å². The summed E-state index contributed by atoms with van der Waals surface area (Å²) in [5.74, 6) is 0. The number of nitrogens with zero attached hydrogens (tertiary/aromatic N) is 2. The van der Waals surface area contributed by atoms with E-state index in [9.17, 15) is 9.59 Å². The Morgan fingerprint density at radius 1 is 1.41 bits per heavy atom. The van der Waals surface area contributed by atoms with E-state index < -0.39 is 5.60 Å². The van der Waals surface area contributed by atoms with Gasteiger partial charge in [0.1, 0.15) is 5.60 Å². The second-order valence-electron chi connectivity index (χ2n) is 6.42. The SMILES string of the molecule is CCn1ccc(C2=CCN(C(=O)OC(C)(C)C)CC2)c1C=O. The van der Waals surface area contributed by atoms with Gasteiger partial charge in [-0.05, 0) is 45.8 Å². The molecular weight excluding hydrogens is 280 g/mol. The fourth-order valence-electron chi connectivity index (χ4n) is 2.57. The predicted octanol–water partition coefficient (Wildman–Crippen LogP) is 3.34. The molecule has 1 amide bonds. The summed E-state index contributed by atoms with van der Waals surface area (Å²) < 4.78 is 7.32. The van der Waals surface area contributed by atoms with Gasteiger partial charge in [0.2, 0.25) is 0 Å². The molecule has 0 saturated heterocycles. The molecule has 2 rings (SSSR count). The summed E-state index contributed by atoms with van der Waals surface area (Å²) in [6.07, 6.45) is 5.29. The van der Waals surface area contributed by atoms with Gasteiger partial charge in [0.15, 0.2) is 6.29 Å². The summed E-state index contributed by atoms with van der Waals surface area (Å²) in [7, 11) is 0. The Morgan fingerprint density at radius 3 is 2.64 bits per heavy atom. The summed E-state index contributed by atoms with van der Waals surface area (Å²) in [5, 5.41) is 0. The number of carbonyl (C=O) groups is 2. The molecule has 0 N–H and O–H groups in total. The van der Waals surface area contributed by atoms with Gasteiger partial charge in [0.05, 0.1) is 5.69 Å². The number of aromatic nitrogens is 1. The highest BCUT2D eigenvalue weighted by molar-refractivity contribution is 5.85. The van der Waals surface area contributed by atoms with Gasteiger partial charge < -0.3 is 14.2 Å². The van der Waals surface area contributed by atoms with Crippen LogP contribution in [0.15, 0.2) is 18.3 Å². The highest BCUT2D eigenvalue weighted by Crippen LogP contribution is 2.26. The Bertz CT molecular complexity index is 594. The highest BCUT2D eigenvalue weighted by atomic mass is 16.6. The number of ether oxygens (including phenoxy) is 1. The largest absolute Gasteiger partial charge is 0.444 e. The minimum absolute atomic E-state index is 0.287. The maximum absolute atomic E-state index is 12.0. The fraction of sp³-hybridized carbons (Fsp3) is 0.529. The van der Waals surface area contributed by atoms with Crippen molar-refractivity contribution in [3.05, 3.63) is 29.6 Å². The van der Waals surface area contributed by atoms with Crippen LogP contribution in [-0.4, -0.2) is 40.5 Å². The summed E-state index contributed by atoms with van der Waals surface area (Å²) >= 11 is 0. The van der Waals surface area contributed by atoms with Crippen molar-refractivity contribution in [3.63, 3.8) is 0 Å². The summed E-state index contributed by atoms with van der Waals surface area (Å²) in [6, 6.07) is 1.97. The first-order valence-corrected chi connectivity index (χ1v) is 7.67. The third-order valence-corrected chi connectivity index (χ3v) is 3.67. The zero-order valence-electron chi connectivity index (χ0n) is 13.8. The van der Waals surface area contributed by atoms with Crippen LogP contribution in [-0.2, 0) is 11.3 Å². The van der Waals surface area contributed by atoms with E-state index in [0.29, 0.717) is 18.8 Å². The Balaban J connectivity index is 2.10. The van der Waals surface area contributed by atoms with Crippen molar-refractivity contribution in [2.24, 2.45) is 0 Å². The molecular formula is C17H24N2O3. The molecule has 1 aromatic rings. The Labute approximate surface area is 131 Å².